The van der Waals surface area contributed by atoms with Gasteiger partial charge in [0, 0.05) is 5.02 Å². The van der Waals surface area contributed by atoms with Crippen LogP contribution in [0.4, 0.5) is 9.59 Å². The number of carbonyl (C=O) groups excluding carboxylic acids is 2. The van der Waals surface area contributed by atoms with Crippen LogP contribution in [0.5, 0.6) is 0 Å². The van der Waals surface area contributed by atoms with Crippen LogP contribution in [0.25, 0.3) is 0 Å². The van der Waals surface area contributed by atoms with E-state index in [1.54, 1.807) is 53.7 Å². The Bertz CT molecular complexity index is 668. The number of amides is 2. The fourth-order valence-corrected chi connectivity index (χ4v) is 1.99. The maximum Gasteiger partial charge on any atom is 0.420 e. The molecule has 0 aliphatic carbocycles. The number of nitriles is 1. The zero-order valence-electron chi connectivity index (χ0n) is 15.3. The van der Waals surface area contributed by atoms with Crippen molar-refractivity contribution in [2.24, 2.45) is 0 Å². The molecule has 2 amide bonds. The van der Waals surface area contributed by atoms with Gasteiger partial charge in [-0.2, -0.15) is 5.26 Å². The van der Waals surface area contributed by atoms with E-state index in [1.807, 2.05) is 6.07 Å². The third kappa shape index (κ3) is 7.02. The molecular formula is C18H23ClN2O4. The van der Waals surface area contributed by atoms with E-state index in [-0.39, 0.29) is 11.6 Å². The van der Waals surface area contributed by atoms with Gasteiger partial charge in [-0.05, 0) is 59.2 Å². The van der Waals surface area contributed by atoms with Gasteiger partial charge in [-0.1, -0.05) is 17.7 Å². The molecule has 0 aliphatic heterocycles. The Labute approximate surface area is 153 Å². The number of ether oxygens (including phenoxy) is 2. The van der Waals surface area contributed by atoms with E-state index in [0.717, 1.165) is 4.90 Å². The number of carbonyl (C=O) groups is 2. The van der Waals surface area contributed by atoms with Crippen LogP contribution in [0.15, 0.2) is 18.2 Å². The van der Waals surface area contributed by atoms with Gasteiger partial charge in [0.05, 0.1) is 18.2 Å². The molecule has 0 radical (unpaired) electrons. The summed E-state index contributed by atoms with van der Waals surface area (Å²) in [5, 5.41) is 9.17. The first-order chi connectivity index (χ1) is 11.3. The van der Waals surface area contributed by atoms with Gasteiger partial charge in [-0.3, -0.25) is 0 Å². The molecule has 1 rings (SSSR count). The average Bonchev–Trinajstić information content (AvgIpc) is 2.41. The smallest absolute Gasteiger partial charge is 0.420 e. The Morgan fingerprint density at radius 1 is 1.08 bits per heavy atom. The number of halogens is 1. The molecule has 0 fully saturated rings. The zero-order valence-corrected chi connectivity index (χ0v) is 16.1. The molecule has 7 heteroatoms. The molecule has 0 heterocycles. The number of nitrogens with zero attached hydrogens (tertiary/aromatic N) is 2. The number of hydrogen-bond donors (Lipinski definition) is 0. The van der Waals surface area contributed by atoms with Crippen molar-refractivity contribution < 1.29 is 19.1 Å². The summed E-state index contributed by atoms with van der Waals surface area (Å²) in [6.07, 6.45) is -1.66. The summed E-state index contributed by atoms with van der Waals surface area (Å²) in [6.45, 7) is 10.1. The largest absolute Gasteiger partial charge is 0.443 e. The van der Waals surface area contributed by atoms with Crippen LogP contribution >= 0.6 is 11.6 Å². The highest BCUT2D eigenvalue weighted by Gasteiger charge is 2.31. The van der Waals surface area contributed by atoms with E-state index in [4.69, 9.17) is 26.3 Å². The maximum absolute atomic E-state index is 12.4. The molecule has 25 heavy (non-hydrogen) atoms. The fourth-order valence-electron chi connectivity index (χ4n) is 1.75. The quantitative estimate of drug-likeness (QED) is 0.744. The molecule has 0 saturated heterocycles. The maximum atomic E-state index is 12.4. The van der Waals surface area contributed by atoms with E-state index < -0.39 is 23.4 Å². The van der Waals surface area contributed by atoms with Crippen molar-refractivity contribution in [3.63, 3.8) is 0 Å². The number of imide groups is 1. The number of benzene rings is 1. The molecule has 0 aromatic heterocycles. The highest BCUT2D eigenvalue weighted by Crippen LogP contribution is 2.22. The molecule has 136 valence electrons. The Hall–Kier alpha value is -2.26. The van der Waals surface area contributed by atoms with E-state index >= 15 is 0 Å². The molecule has 0 unspecified atom stereocenters. The van der Waals surface area contributed by atoms with Crippen molar-refractivity contribution in [3.05, 3.63) is 34.3 Å². The average molecular weight is 367 g/mol. The highest BCUT2D eigenvalue weighted by atomic mass is 35.5. The Morgan fingerprint density at radius 3 is 1.92 bits per heavy atom. The van der Waals surface area contributed by atoms with Gasteiger partial charge in [0.1, 0.15) is 11.2 Å². The van der Waals surface area contributed by atoms with Crippen molar-refractivity contribution in [2.75, 3.05) is 0 Å². The van der Waals surface area contributed by atoms with Gasteiger partial charge in [0.15, 0.2) is 0 Å². The molecule has 6 nitrogen and oxygen atoms in total. The minimum atomic E-state index is -0.831. The summed E-state index contributed by atoms with van der Waals surface area (Å²) in [6, 6.07) is 6.59. The van der Waals surface area contributed by atoms with Gasteiger partial charge < -0.3 is 9.47 Å². The summed E-state index contributed by atoms with van der Waals surface area (Å²) in [5.74, 6) is 0. The van der Waals surface area contributed by atoms with Gasteiger partial charge in [0.2, 0.25) is 0 Å². The molecular weight excluding hydrogens is 344 g/mol. The van der Waals surface area contributed by atoms with Crippen LogP contribution in [0.3, 0.4) is 0 Å². The van der Waals surface area contributed by atoms with Crippen LogP contribution in [0, 0.1) is 11.3 Å². The van der Waals surface area contributed by atoms with Crippen molar-refractivity contribution >= 4 is 23.8 Å². The van der Waals surface area contributed by atoms with E-state index in [2.05, 4.69) is 0 Å². The van der Waals surface area contributed by atoms with Crippen LogP contribution in [-0.2, 0) is 16.0 Å². The normalized spacial score (nSPS) is 11.4. The standard InChI is InChI=1S/C18H23ClN2O4/c1-17(2,3)24-15(22)21(16(23)25-18(4,5)6)11-13-8-7-12(10-20)9-14(13)19/h7-9H,11H2,1-6H3. The predicted octanol–water partition coefficient (Wildman–Crippen LogP) is 4.88. The monoisotopic (exact) mass is 366 g/mol. The first kappa shape index (κ1) is 20.8. The van der Waals surface area contributed by atoms with Crippen molar-refractivity contribution in [1.29, 1.82) is 5.26 Å². The van der Waals surface area contributed by atoms with Gasteiger partial charge in [0.25, 0.3) is 0 Å². The van der Waals surface area contributed by atoms with Crippen molar-refractivity contribution in [2.45, 2.75) is 59.3 Å². The van der Waals surface area contributed by atoms with Crippen LogP contribution in [0.2, 0.25) is 5.02 Å². The summed E-state index contributed by atoms with van der Waals surface area (Å²) in [4.78, 5) is 25.7. The van der Waals surface area contributed by atoms with Crippen LogP contribution in [0.1, 0.15) is 52.7 Å². The second-order valence-electron chi connectivity index (χ2n) is 7.46. The van der Waals surface area contributed by atoms with Crippen LogP contribution in [-0.4, -0.2) is 28.3 Å². The lowest BCUT2D eigenvalue weighted by molar-refractivity contribution is -0.000234. The number of hydrogen-bond acceptors (Lipinski definition) is 5. The third-order valence-corrected chi connectivity index (χ3v) is 3.09. The Morgan fingerprint density at radius 2 is 1.56 bits per heavy atom. The lowest BCUT2D eigenvalue weighted by Crippen LogP contribution is -2.43. The molecule has 0 N–H and O–H groups in total. The molecule has 0 atom stereocenters. The van der Waals surface area contributed by atoms with E-state index in [9.17, 15) is 9.59 Å². The highest BCUT2D eigenvalue weighted by molar-refractivity contribution is 6.31. The Kier molecular flexibility index (Phi) is 6.44. The molecule has 1 aromatic carbocycles. The second-order valence-corrected chi connectivity index (χ2v) is 7.87. The summed E-state index contributed by atoms with van der Waals surface area (Å²) < 4.78 is 10.6. The van der Waals surface area contributed by atoms with Crippen molar-refractivity contribution in [1.82, 2.24) is 4.90 Å². The topological polar surface area (TPSA) is 79.6 Å². The summed E-state index contributed by atoms with van der Waals surface area (Å²) >= 11 is 6.15. The zero-order chi connectivity index (χ0) is 19.4. The number of rotatable bonds is 2. The predicted molar refractivity (Wildman–Crippen MR) is 94.2 cm³/mol. The summed E-state index contributed by atoms with van der Waals surface area (Å²) in [7, 11) is 0. The SMILES string of the molecule is CC(C)(C)OC(=O)N(Cc1ccc(C#N)cc1Cl)C(=O)OC(C)(C)C. The van der Waals surface area contributed by atoms with Gasteiger partial charge >= 0.3 is 12.2 Å². The van der Waals surface area contributed by atoms with Gasteiger partial charge in [-0.15, -0.1) is 0 Å². The Balaban J connectivity index is 3.12. The molecule has 0 saturated carbocycles. The van der Waals surface area contributed by atoms with E-state index in [1.165, 1.54) is 6.07 Å². The lowest BCUT2D eigenvalue weighted by atomic mass is 10.1. The third-order valence-electron chi connectivity index (χ3n) is 2.74. The first-order valence-corrected chi connectivity index (χ1v) is 8.12. The molecule has 0 spiro atoms. The summed E-state index contributed by atoms with van der Waals surface area (Å²) in [5.41, 5.74) is -0.662. The molecule has 0 bridgehead atoms. The minimum Gasteiger partial charge on any atom is -0.443 e. The molecule has 0 aliphatic rings. The lowest BCUT2D eigenvalue weighted by Gasteiger charge is -2.28. The van der Waals surface area contributed by atoms with Crippen LogP contribution < -0.4 is 0 Å². The first-order valence-electron chi connectivity index (χ1n) is 7.74. The second kappa shape index (κ2) is 7.75. The fraction of sp³-hybridized carbons (Fsp3) is 0.500. The van der Waals surface area contributed by atoms with Gasteiger partial charge in [-0.25, -0.2) is 14.5 Å². The van der Waals surface area contributed by atoms with Crippen molar-refractivity contribution in [3.8, 4) is 6.07 Å². The van der Waals surface area contributed by atoms with E-state index in [0.29, 0.717) is 11.1 Å². The minimum absolute atomic E-state index is 0.131. The molecule has 1 aromatic rings.